The fraction of sp³-hybridized carbons (Fsp3) is 0.625. The fourth-order valence-electron chi connectivity index (χ4n) is 2.74. The molecular weight excluding hydrogens is 322 g/mol. The van der Waals surface area contributed by atoms with Crippen molar-refractivity contribution in [1.29, 1.82) is 0 Å². The zero-order valence-corrected chi connectivity index (χ0v) is 14.3. The monoisotopic (exact) mass is 346 g/mol. The molecule has 2 rings (SSSR count). The SMILES string of the molecule is CC(C)S(=O)(=O)NC1CCC(CNc2ccc(F)cc2F)CC1. The molecule has 1 aliphatic rings. The van der Waals surface area contributed by atoms with E-state index in [4.69, 9.17) is 0 Å². The molecule has 1 fully saturated rings. The summed E-state index contributed by atoms with van der Waals surface area (Å²) >= 11 is 0. The number of halogens is 2. The number of hydrogen-bond acceptors (Lipinski definition) is 3. The molecule has 4 nitrogen and oxygen atoms in total. The third kappa shape index (κ3) is 5.14. The van der Waals surface area contributed by atoms with E-state index in [1.54, 1.807) is 13.8 Å². The van der Waals surface area contributed by atoms with Crippen molar-refractivity contribution in [3.63, 3.8) is 0 Å². The van der Waals surface area contributed by atoms with Gasteiger partial charge < -0.3 is 5.32 Å². The number of anilines is 1. The van der Waals surface area contributed by atoms with Crippen LogP contribution in [-0.2, 0) is 10.0 Å². The maximum absolute atomic E-state index is 13.5. The van der Waals surface area contributed by atoms with Gasteiger partial charge in [-0.3, -0.25) is 0 Å². The predicted octanol–water partition coefficient (Wildman–Crippen LogP) is 3.26. The molecule has 23 heavy (non-hydrogen) atoms. The van der Waals surface area contributed by atoms with E-state index in [0.29, 0.717) is 18.2 Å². The lowest BCUT2D eigenvalue weighted by atomic mass is 9.86. The summed E-state index contributed by atoms with van der Waals surface area (Å²) in [4.78, 5) is 0. The summed E-state index contributed by atoms with van der Waals surface area (Å²) in [5.41, 5.74) is 0.300. The third-order valence-corrected chi connectivity index (χ3v) is 6.21. The molecule has 1 aromatic rings. The van der Waals surface area contributed by atoms with Crippen LogP contribution >= 0.6 is 0 Å². The average Bonchev–Trinajstić information content (AvgIpc) is 2.47. The van der Waals surface area contributed by atoms with Gasteiger partial charge in [0.25, 0.3) is 0 Å². The van der Waals surface area contributed by atoms with Crippen LogP contribution in [0.1, 0.15) is 39.5 Å². The van der Waals surface area contributed by atoms with E-state index < -0.39 is 26.9 Å². The van der Waals surface area contributed by atoms with Crippen LogP contribution in [0.25, 0.3) is 0 Å². The van der Waals surface area contributed by atoms with Crippen LogP contribution in [0.3, 0.4) is 0 Å². The molecular formula is C16H24F2N2O2S. The molecule has 1 aromatic carbocycles. The first-order valence-corrected chi connectivity index (χ1v) is 9.52. The highest BCUT2D eigenvalue weighted by Gasteiger charge is 2.26. The summed E-state index contributed by atoms with van der Waals surface area (Å²) in [6, 6.07) is 3.47. The maximum Gasteiger partial charge on any atom is 0.214 e. The topological polar surface area (TPSA) is 58.2 Å². The maximum atomic E-state index is 13.5. The Balaban J connectivity index is 1.79. The second-order valence-corrected chi connectivity index (χ2v) is 8.70. The molecule has 0 aromatic heterocycles. The Labute approximate surface area is 136 Å². The van der Waals surface area contributed by atoms with Crippen LogP contribution in [0, 0.1) is 17.6 Å². The Bertz CT molecular complexity index is 627. The highest BCUT2D eigenvalue weighted by atomic mass is 32.2. The second kappa shape index (κ2) is 7.57. The first kappa shape index (κ1) is 18.1. The lowest BCUT2D eigenvalue weighted by Gasteiger charge is -2.29. The largest absolute Gasteiger partial charge is 0.382 e. The van der Waals surface area contributed by atoms with Crippen LogP contribution < -0.4 is 10.0 Å². The molecule has 0 spiro atoms. The Hall–Kier alpha value is -1.21. The van der Waals surface area contributed by atoms with Crippen LogP contribution in [0.2, 0.25) is 0 Å². The Morgan fingerprint density at radius 2 is 1.83 bits per heavy atom. The van der Waals surface area contributed by atoms with Crippen LogP contribution in [0.15, 0.2) is 18.2 Å². The smallest absolute Gasteiger partial charge is 0.214 e. The molecule has 0 bridgehead atoms. The fourth-order valence-corrected chi connectivity index (χ4v) is 3.71. The van der Waals surface area contributed by atoms with Gasteiger partial charge in [-0.2, -0.15) is 0 Å². The van der Waals surface area contributed by atoms with Crippen molar-refractivity contribution in [2.45, 2.75) is 50.8 Å². The van der Waals surface area contributed by atoms with Crippen molar-refractivity contribution in [3.8, 4) is 0 Å². The summed E-state index contributed by atoms with van der Waals surface area (Å²) in [6.07, 6.45) is 3.32. The van der Waals surface area contributed by atoms with E-state index in [1.165, 1.54) is 12.1 Å². The van der Waals surface area contributed by atoms with Crippen LogP contribution in [-0.4, -0.2) is 26.3 Å². The van der Waals surface area contributed by atoms with Gasteiger partial charge in [-0.25, -0.2) is 21.9 Å². The first-order valence-electron chi connectivity index (χ1n) is 7.98. The second-order valence-electron chi connectivity index (χ2n) is 6.43. The summed E-state index contributed by atoms with van der Waals surface area (Å²) in [6.45, 7) is 3.93. The molecule has 0 atom stereocenters. The molecule has 0 amide bonds. The lowest BCUT2D eigenvalue weighted by Crippen LogP contribution is -2.41. The van der Waals surface area contributed by atoms with Crippen molar-refractivity contribution in [2.75, 3.05) is 11.9 Å². The predicted molar refractivity (Wildman–Crippen MR) is 87.8 cm³/mol. The first-order chi connectivity index (χ1) is 10.8. The number of nitrogens with one attached hydrogen (secondary N) is 2. The molecule has 0 aliphatic heterocycles. The molecule has 0 saturated heterocycles. The van der Waals surface area contributed by atoms with Crippen LogP contribution in [0.5, 0.6) is 0 Å². The van der Waals surface area contributed by atoms with Gasteiger partial charge in [0.15, 0.2) is 0 Å². The minimum absolute atomic E-state index is 0.0128. The summed E-state index contributed by atoms with van der Waals surface area (Å²) in [7, 11) is -3.23. The number of hydrogen-bond donors (Lipinski definition) is 2. The van der Waals surface area contributed by atoms with Crippen molar-refractivity contribution < 1.29 is 17.2 Å². The van der Waals surface area contributed by atoms with E-state index in [0.717, 1.165) is 31.7 Å². The van der Waals surface area contributed by atoms with E-state index >= 15 is 0 Å². The summed E-state index contributed by atoms with van der Waals surface area (Å²) in [5, 5.41) is 2.58. The van der Waals surface area contributed by atoms with E-state index in [2.05, 4.69) is 10.0 Å². The van der Waals surface area contributed by atoms with Crippen LogP contribution in [0.4, 0.5) is 14.5 Å². The molecule has 130 valence electrons. The normalized spacial score (nSPS) is 22.3. The molecule has 0 radical (unpaired) electrons. The summed E-state index contributed by atoms with van der Waals surface area (Å²) in [5.74, 6) is -0.825. The van der Waals surface area contributed by atoms with Gasteiger partial charge in [0.2, 0.25) is 10.0 Å². The Morgan fingerprint density at radius 1 is 1.17 bits per heavy atom. The molecule has 1 saturated carbocycles. The molecule has 1 aliphatic carbocycles. The van der Waals surface area contributed by atoms with E-state index in [-0.39, 0.29) is 6.04 Å². The van der Waals surface area contributed by atoms with Crippen molar-refractivity contribution >= 4 is 15.7 Å². The molecule has 0 heterocycles. The van der Waals surface area contributed by atoms with Gasteiger partial charge in [-0.05, 0) is 57.6 Å². The highest BCUT2D eigenvalue weighted by molar-refractivity contribution is 7.90. The number of rotatable bonds is 6. The van der Waals surface area contributed by atoms with Gasteiger partial charge in [0, 0.05) is 18.7 Å². The van der Waals surface area contributed by atoms with Gasteiger partial charge in [-0.15, -0.1) is 0 Å². The molecule has 2 N–H and O–H groups in total. The number of benzene rings is 1. The zero-order valence-electron chi connectivity index (χ0n) is 13.5. The highest BCUT2D eigenvalue weighted by Crippen LogP contribution is 2.26. The minimum atomic E-state index is -3.23. The average molecular weight is 346 g/mol. The standard InChI is InChI=1S/C16H24F2N2O2S/c1-11(2)23(21,22)20-14-6-3-12(4-7-14)10-19-16-8-5-13(17)9-15(16)18/h5,8-9,11-12,14,19-20H,3-4,6-7,10H2,1-2H3. The minimum Gasteiger partial charge on any atom is -0.382 e. The van der Waals surface area contributed by atoms with Gasteiger partial charge in [0.05, 0.1) is 10.9 Å². The molecule has 7 heteroatoms. The summed E-state index contributed by atoms with van der Waals surface area (Å²) < 4.78 is 52.9. The number of sulfonamides is 1. The van der Waals surface area contributed by atoms with Crippen molar-refractivity contribution in [1.82, 2.24) is 4.72 Å². The Kier molecular flexibility index (Phi) is 5.97. The van der Waals surface area contributed by atoms with E-state index in [1.807, 2.05) is 0 Å². The van der Waals surface area contributed by atoms with Crippen molar-refractivity contribution in [3.05, 3.63) is 29.8 Å². The zero-order chi connectivity index (χ0) is 17.0. The third-order valence-electron chi connectivity index (χ3n) is 4.31. The van der Waals surface area contributed by atoms with Gasteiger partial charge in [0.1, 0.15) is 11.6 Å². The van der Waals surface area contributed by atoms with Crippen molar-refractivity contribution in [2.24, 2.45) is 5.92 Å². The van der Waals surface area contributed by atoms with E-state index in [9.17, 15) is 17.2 Å². The molecule has 0 unspecified atom stereocenters. The lowest BCUT2D eigenvalue weighted by molar-refractivity contribution is 0.323. The quantitative estimate of drug-likeness (QED) is 0.831. The van der Waals surface area contributed by atoms with Gasteiger partial charge in [-0.1, -0.05) is 0 Å². The van der Waals surface area contributed by atoms with Gasteiger partial charge >= 0.3 is 0 Å². The Morgan fingerprint density at radius 3 is 2.39 bits per heavy atom.